The van der Waals surface area contributed by atoms with E-state index in [1.807, 2.05) is 0 Å². The van der Waals surface area contributed by atoms with Gasteiger partial charge in [0, 0.05) is 18.0 Å². The van der Waals surface area contributed by atoms with Crippen LogP contribution in [-0.2, 0) is 16.6 Å². The molecule has 1 N–H and O–H groups in total. The van der Waals surface area contributed by atoms with E-state index in [9.17, 15) is 18.7 Å². The van der Waals surface area contributed by atoms with E-state index in [0.717, 1.165) is 18.2 Å². The third-order valence-corrected chi connectivity index (χ3v) is 3.28. The van der Waals surface area contributed by atoms with Gasteiger partial charge < -0.3 is 5.11 Å². The van der Waals surface area contributed by atoms with Gasteiger partial charge >= 0.3 is 5.97 Å². The molecule has 1 aromatic heterocycles. The molecule has 0 amide bonds. The lowest BCUT2D eigenvalue weighted by atomic mass is 9.77. The van der Waals surface area contributed by atoms with Crippen LogP contribution < -0.4 is 0 Å². The number of carboxylic acids is 1. The van der Waals surface area contributed by atoms with E-state index in [2.05, 4.69) is 4.98 Å². The van der Waals surface area contributed by atoms with Gasteiger partial charge in [0.1, 0.15) is 11.6 Å². The van der Waals surface area contributed by atoms with Crippen molar-refractivity contribution in [1.82, 2.24) is 4.98 Å². The third kappa shape index (κ3) is 2.66. The first-order valence-electron chi connectivity index (χ1n) is 6.01. The average Bonchev–Trinajstić information content (AvgIpc) is 2.42. The molecule has 1 aromatic carbocycles. The molecule has 20 heavy (non-hydrogen) atoms. The predicted octanol–water partition coefficient (Wildman–Crippen LogP) is 2.94. The number of carboxylic acid groups (broad SMARTS) is 1. The number of halogens is 2. The minimum atomic E-state index is -1.56. The molecular weight excluding hydrogens is 264 g/mol. The van der Waals surface area contributed by atoms with Crippen molar-refractivity contribution in [2.24, 2.45) is 0 Å². The lowest BCUT2D eigenvalue weighted by Gasteiger charge is -2.26. The fraction of sp³-hybridized carbons (Fsp3) is 0.200. The summed E-state index contributed by atoms with van der Waals surface area (Å²) in [5, 5.41) is 9.45. The minimum absolute atomic E-state index is 0.0244. The first kappa shape index (κ1) is 14.1. The van der Waals surface area contributed by atoms with Gasteiger partial charge in [0.05, 0.1) is 5.41 Å². The molecule has 0 aliphatic carbocycles. The number of rotatable bonds is 4. The maximum atomic E-state index is 13.9. The van der Waals surface area contributed by atoms with Crippen molar-refractivity contribution in [2.75, 3.05) is 0 Å². The fourth-order valence-electron chi connectivity index (χ4n) is 2.12. The Bertz CT molecular complexity index is 631. The number of pyridine rings is 1. The number of aliphatic carboxylic acids is 1. The molecule has 104 valence electrons. The zero-order chi connectivity index (χ0) is 14.8. The Morgan fingerprint density at radius 2 is 2.10 bits per heavy atom. The highest BCUT2D eigenvalue weighted by molar-refractivity contribution is 5.81. The van der Waals surface area contributed by atoms with Crippen LogP contribution in [-0.4, -0.2) is 16.1 Å². The van der Waals surface area contributed by atoms with Gasteiger partial charge in [-0.3, -0.25) is 9.78 Å². The second-order valence-electron chi connectivity index (χ2n) is 4.80. The molecule has 5 heteroatoms. The number of nitrogens with zero attached hydrogens (tertiary/aromatic N) is 1. The predicted molar refractivity (Wildman–Crippen MR) is 69.3 cm³/mol. The molecule has 1 atom stereocenters. The fourth-order valence-corrected chi connectivity index (χ4v) is 2.12. The number of hydrogen-bond donors (Lipinski definition) is 1. The van der Waals surface area contributed by atoms with Crippen LogP contribution in [0.2, 0.25) is 0 Å². The first-order chi connectivity index (χ1) is 9.43. The smallest absolute Gasteiger partial charge is 0.314 e. The van der Waals surface area contributed by atoms with Crippen LogP contribution in [0.25, 0.3) is 0 Å². The summed E-state index contributed by atoms with van der Waals surface area (Å²) in [4.78, 5) is 15.5. The first-order valence-corrected chi connectivity index (χ1v) is 6.01. The maximum Gasteiger partial charge on any atom is 0.314 e. The molecule has 0 bridgehead atoms. The van der Waals surface area contributed by atoms with Crippen molar-refractivity contribution in [3.8, 4) is 0 Å². The standard InChI is InChI=1S/C15H13F2NO2/c1-15(14(19)20,8-10-3-2-6-18-9-10)12-7-11(16)4-5-13(12)17/h2-7,9H,8H2,1H3,(H,19,20). The number of benzene rings is 1. The molecule has 0 saturated carbocycles. The van der Waals surface area contributed by atoms with Gasteiger partial charge in [-0.25, -0.2) is 8.78 Å². The highest BCUT2D eigenvalue weighted by atomic mass is 19.1. The molecule has 0 spiro atoms. The molecule has 2 aromatic rings. The average molecular weight is 277 g/mol. The number of carbonyl (C=O) groups is 1. The summed E-state index contributed by atoms with van der Waals surface area (Å²) >= 11 is 0. The molecule has 0 fully saturated rings. The molecule has 3 nitrogen and oxygen atoms in total. The van der Waals surface area contributed by atoms with Gasteiger partial charge in [-0.15, -0.1) is 0 Å². The van der Waals surface area contributed by atoms with Gasteiger partial charge in [0.25, 0.3) is 0 Å². The van der Waals surface area contributed by atoms with Crippen LogP contribution in [0.1, 0.15) is 18.1 Å². The highest BCUT2D eigenvalue weighted by Gasteiger charge is 2.38. The molecule has 0 saturated heterocycles. The molecule has 1 unspecified atom stereocenters. The second kappa shape index (κ2) is 5.36. The molecule has 1 heterocycles. The Morgan fingerprint density at radius 1 is 1.35 bits per heavy atom. The number of aromatic nitrogens is 1. The summed E-state index contributed by atoms with van der Waals surface area (Å²) in [7, 11) is 0. The van der Waals surface area contributed by atoms with Crippen LogP contribution >= 0.6 is 0 Å². The van der Waals surface area contributed by atoms with Gasteiger partial charge in [0.2, 0.25) is 0 Å². The topological polar surface area (TPSA) is 50.2 Å². The lowest BCUT2D eigenvalue weighted by Crippen LogP contribution is -2.36. The van der Waals surface area contributed by atoms with Crippen LogP contribution in [0.15, 0.2) is 42.7 Å². The normalized spacial score (nSPS) is 13.8. The zero-order valence-electron chi connectivity index (χ0n) is 10.8. The van der Waals surface area contributed by atoms with Crippen LogP contribution in [0.3, 0.4) is 0 Å². The van der Waals surface area contributed by atoms with Crippen LogP contribution in [0.4, 0.5) is 8.78 Å². The maximum absolute atomic E-state index is 13.9. The van der Waals surface area contributed by atoms with E-state index in [0.29, 0.717) is 5.56 Å². The van der Waals surface area contributed by atoms with Crippen molar-refractivity contribution in [2.45, 2.75) is 18.8 Å². The summed E-state index contributed by atoms with van der Waals surface area (Å²) in [5.41, 5.74) is -1.09. The zero-order valence-corrected chi connectivity index (χ0v) is 10.8. The van der Waals surface area contributed by atoms with Crippen molar-refractivity contribution >= 4 is 5.97 Å². The summed E-state index contributed by atoms with van der Waals surface area (Å²) < 4.78 is 27.2. The highest BCUT2D eigenvalue weighted by Crippen LogP contribution is 2.31. The van der Waals surface area contributed by atoms with E-state index in [4.69, 9.17) is 0 Å². The molecule has 0 aliphatic rings. The summed E-state index contributed by atoms with van der Waals surface area (Å²) in [6.45, 7) is 1.38. The van der Waals surface area contributed by atoms with Crippen molar-refractivity contribution in [3.63, 3.8) is 0 Å². The van der Waals surface area contributed by atoms with Crippen LogP contribution in [0.5, 0.6) is 0 Å². The Hall–Kier alpha value is -2.30. The summed E-state index contributed by atoms with van der Waals surface area (Å²) in [5.74, 6) is -2.62. The van der Waals surface area contributed by atoms with E-state index < -0.39 is 23.0 Å². The summed E-state index contributed by atoms with van der Waals surface area (Å²) in [6, 6.07) is 6.20. The molecular formula is C15H13F2NO2. The molecule has 0 radical (unpaired) electrons. The van der Waals surface area contributed by atoms with E-state index >= 15 is 0 Å². The largest absolute Gasteiger partial charge is 0.481 e. The van der Waals surface area contributed by atoms with Crippen LogP contribution in [0, 0.1) is 11.6 Å². The minimum Gasteiger partial charge on any atom is -0.481 e. The monoisotopic (exact) mass is 277 g/mol. The van der Waals surface area contributed by atoms with E-state index in [-0.39, 0.29) is 12.0 Å². The molecule has 0 aliphatic heterocycles. The van der Waals surface area contributed by atoms with E-state index in [1.54, 1.807) is 18.3 Å². The van der Waals surface area contributed by atoms with Gasteiger partial charge in [0.15, 0.2) is 0 Å². The Kier molecular flexibility index (Phi) is 3.79. The SMILES string of the molecule is CC(Cc1cccnc1)(C(=O)O)c1cc(F)ccc1F. The van der Waals surface area contributed by atoms with Crippen molar-refractivity contribution < 1.29 is 18.7 Å². The van der Waals surface area contributed by atoms with E-state index in [1.165, 1.54) is 13.1 Å². The third-order valence-electron chi connectivity index (χ3n) is 3.28. The van der Waals surface area contributed by atoms with Gasteiger partial charge in [-0.05, 0) is 43.2 Å². The van der Waals surface area contributed by atoms with Crippen molar-refractivity contribution in [1.29, 1.82) is 0 Å². The van der Waals surface area contributed by atoms with Gasteiger partial charge in [-0.1, -0.05) is 6.07 Å². The van der Waals surface area contributed by atoms with Gasteiger partial charge in [-0.2, -0.15) is 0 Å². The lowest BCUT2D eigenvalue weighted by molar-refractivity contribution is -0.143. The molecule has 2 rings (SSSR count). The Labute approximate surface area is 114 Å². The Balaban J connectivity index is 2.49. The van der Waals surface area contributed by atoms with Crippen molar-refractivity contribution in [3.05, 3.63) is 65.5 Å². The summed E-state index contributed by atoms with van der Waals surface area (Å²) in [6.07, 6.45) is 3.10. The quantitative estimate of drug-likeness (QED) is 0.934. The second-order valence-corrected chi connectivity index (χ2v) is 4.80. The number of hydrogen-bond acceptors (Lipinski definition) is 2. The Morgan fingerprint density at radius 3 is 2.70 bits per heavy atom.